The highest BCUT2D eigenvalue weighted by molar-refractivity contribution is 6.33. The third-order valence-corrected chi connectivity index (χ3v) is 4.28. The Kier molecular flexibility index (Phi) is 4.64. The molecule has 0 saturated carbocycles. The van der Waals surface area contributed by atoms with Crippen LogP contribution in [-0.4, -0.2) is 30.0 Å². The average Bonchev–Trinajstić information content (AvgIpc) is 2.60. The summed E-state index contributed by atoms with van der Waals surface area (Å²) in [6.45, 7) is 2.63. The summed E-state index contributed by atoms with van der Waals surface area (Å²) in [5.41, 5.74) is 1.21. The molecule has 0 saturated heterocycles. The van der Waals surface area contributed by atoms with Gasteiger partial charge in [-0.15, -0.1) is 0 Å². The van der Waals surface area contributed by atoms with Gasteiger partial charge in [-0.25, -0.2) is 0 Å². The molecule has 6 heteroatoms. The molecule has 1 heterocycles. The van der Waals surface area contributed by atoms with Crippen molar-refractivity contribution in [1.82, 2.24) is 4.57 Å². The van der Waals surface area contributed by atoms with E-state index in [0.717, 1.165) is 0 Å². The highest BCUT2D eigenvalue weighted by Gasteiger charge is 2.18. The summed E-state index contributed by atoms with van der Waals surface area (Å²) < 4.78 is 13.1. The molecule has 1 N–H and O–H groups in total. The van der Waals surface area contributed by atoms with E-state index < -0.39 is 0 Å². The fourth-order valence-electron chi connectivity index (χ4n) is 3.02. The molecular formula is C18H18ClNO4. The first kappa shape index (κ1) is 16.6. The van der Waals surface area contributed by atoms with E-state index in [-0.39, 0.29) is 18.6 Å². The van der Waals surface area contributed by atoms with Crippen molar-refractivity contribution in [3.63, 3.8) is 0 Å². The number of nitrogens with zero attached hydrogens (tertiary/aromatic N) is 1. The molecule has 3 rings (SSSR count). The fourth-order valence-corrected chi connectivity index (χ4v) is 3.25. The van der Waals surface area contributed by atoms with Crippen LogP contribution >= 0.6 is 11.6 Å². The van der Waals surface area contributed by atoms with Gasteiger partial charge in [0.25, 0.3) is 0 Å². The molecule has 0 fully saturated rings. The monoisotopic (exact) mass is 347 g/mol. The predicted octanol–water partition coefficient (Wildman–Crippen LogP) is 3.21. The predicted molar refractivity (Wildman–Crippen MR) is 95.5 cm³/mol. The largest absolute Gasteiger partial charge is 0.493 e. The first-order valence-electron chi connectivity index (χ1n) is 7.69. The Balaban J connectivity index is 2.54. The quantitative estimate of drug-likeness (QED) is 0.720. The van der Waals surface area contributed by atoms with E-state index in [4.69, 9.17) is 26.2 Å². The van der Waals surface area contributed by atoms with Gasteiger partial charge >= 0.3 is 0 Å². The number of aliphatic hydroxyl groups is 1. The van der Waals surface area contributed by atoms with Crippen LogP contribution in [0, 0.1) is 0 Å². The summed E-state index contributed by atoms with van der Waals surface area (Å²) in [5, 5.41) is 10.6. The minimum atomic E-state index is -0.103. The van der Waals surface area contributed by atoms with Gasteiger partial charge in [-0.05, 0) is 31.2 Å². The van der Waals surface area contributed by atoms with E-state index in [0.29, 0.717) is 44.9 Å². The van der Waals surface area contributed by atoms with Crippen molar-refractivity contribution in [2.24, 2.45) is 0 Å². The number of hydrogen-bond acceptors (Lipinski definition) is 4. The second kappa shape index (κ2) is 6.71. The number of fused-ring (bicyclic) bond motifs is 2. The molecule has 2 aromatic carbocycles. The van der Waals surface area contributed by atoms with E-state index >= 15 is 0 Å². The fraction of sp³-hybridized carbons (Fsp3) is 0.278. The van der Waals surface area contributed by atoms with Gasteiger partial charge in [0.2, 0.25) is 0 Å². The molecule has 0 bridgehead atoms. The van der Waals surface area contributed by atoms with E-state index in [2.05, 4.69) is 0 Å². The van der Waals surface area contributed by atoms with Crippen molar-refractivity contribution in [1.29, 1.82) is 0 Å². The first-order chi connectivity index (χ1) is 11.6. The van der Waals surface area contributed by atoms with Gasteiger partial charge in [0.05, 0.1) is 40.5 Å². The molecule has 0 aliphatic carbocycles. The Labute approximate surface area is 144 Å². The molecule has 0 amide bonds. The van der Waals surface area contributed by atoms with Gasteiger partial charge in [0, 0.05) is 6.54 Å². The lowest BCUT2D eigenvalue weighted by molar-refractivity contribution is 0.202. The summed E-state index contributed by atoms with van der Waals surface area (Å²) >= 11 is 6.25. The zero-order valence-electron chi connectivity index (χ0n) is 13.5. The molecule has 1 aromatic heterocycles. The number of hydrogen-bond donors (Lipinski definition) is 1. The van der Waals surface area contributed by atoms with Crippen LogP contribution in [0.15, 0.2) is 35.1 Å². The Morgan fingerprint density at radius 2 is 1.92 bits per heavy atom. The molecule has 126 valence electrons. The molecule has 0 aliphatic heterocycles. The van der Waals surface area contributed by atoms with Crippen molar-refractivity contribution < 1.29 is 14.6 Å². The van der Waals surface area contributed by atoms with Crippen molar-refractivity contribution in [2.45, 2.75) is 13.5 Å². The molecular weight excluding hydrogens is 330 g/mol. The second-order valence-corrected chi connectivity index (χ2v) is 5.68. The van der Waals surface area contributed by atoms with E-state index in [1.807, 2.05) is 11.5 Å². The maximum atomic E-state index is 12.9. The van der Waals surface area contributed by atoms with Crippen molar-refractivity contribution in [2.75, 3.05) is 20.3 Å². The lowest BCUT2D eigenvalue weighted by Crippen LogP contribution is -2.13. The topological polar surface area (TPSA) is 60.7 Å². The minimum Gasteiger partial charge on any atom is -0.493 e. The molecule has 0 spiro atoms. The lowest BCUT2D eigenvalue weighted by Gasteiger charge is -2.19. The van der Waals surface area contributed by atoms with Crippen LogP contribution in [-0.2, 0) is 6.54 Å². The van der Waals surface area contributed by atoms with Gasteiger partial charge in [-0.3, -0.25) is 4.79 Å². The van der Waals surface area contributed by atoms with Gasteiger partial charge < -0.3 is 19.1 Å². The van der Waals surface area contributed by atoms with Gasteiger partial charge in [0.15, 0.2) is 11.2 Å². The van der Waals surface area contributed by atoms with Crippen LogP contribution in [0.1, 0.15) is 6.92 Å². The average molecular weight is 348 g/mol. The molecule has 0 atom stereocenters. The minimum absolute atomic E-state index is 0.102. The van der Waals surface area contributed by atoms with Gasteiger partial charge in [-0.1, -0.05) is 17.7 Å². The normalized spacial score (nSPS) is 11.2. The highest BCUT2D eigenvalue weighted by atomic mass is 35.5. The number of aliphatic hydroxyl groups excluding tert-OH is 1. The summed E-state index contributed by atoms with van der Waals surface area (Å²) in [6, 6.07) is 8.72. The highest BCUT2D eigenvalue weighted by Crippen LogP contribution is 2.36. The van der Waals surface area contributed by atoms with Crippen LogP contribution in [0.4, 0.5) is 0 Å². The Hall–Kier alpha value is -2.24. The third kappa shape index (κ3) is 2.50. The maximum absolute atomic E-state index is 12.9. The first-order valence-corrected chi connectivity index (χ1v) is 8.07. The third-order valence-electron chi connectivity index (χ3n) is 3.98. The van der Waals surface area contributed by atoms with E-state index in [9.17, 15) is 4.79 Å². The Bertz CT molecular complexity index is 965. The number of aromatic nitrogens is 1. The zero-order valence-corrected chi connectivity index (χ0v) is 14.3. The van der Waals surface area contributed by atoms with E-state index in [1.54, 1.807) is 30.3 Å². The number of benzene rings is 2. The van der Waals surface area contributed by atoms with Crippen molar-refractivity contribution in [3.8, 4) is 11.5 Å². The Morgan fingerprint density at radius 1 is 1.17 bits per heavy atom. The van der Waals surface area contributed by atoms with Gasteiger partial charge in [0.1, 0.15) is 12.4 Å². The lowest BCUT2D eigenvalue weighted by atomic mass is 10.1. The summed E-state index contributed by atoms with van der Waals surface area (Å²) in [6.07, 6.45) is 0. The number of ether oxygens (including phenoxy) is 2. The van der Waals surface area contributed by atoms with Crippen LogP contribution in [0.2, 0.25) is 5.02 Å². The molecule has 24 heavy (non-hydrogen) atoms. The second-order valence-electron chi connectivity index (χ2n) is 5.27. The molecule has 3 aromatic rings. The number of rotatable bonds is 5. The Morgan fingerprint density at radius 3 is 2.58 bits per heavy atom. The van der Waals surface area contributed by atoms with Crippen molar-refractivity contribution >= 4 is 33.4 Å². The number of pyridine rings is 1. The van der Waals surface area contributed by atoms with Crippen LogP contribution in [0.25, 0.3) is 21.8 Å². The molecule has 0 radical (unpaired) electrons. The summed E-state index contributed by atoms with van der Waals surface area (Å²) in [4.78, 5) is 12.9. The van der Waals surface area contributed by atoms with Gasteiger partial charge in [-0.2, -0.15) is 0 Å². The smallest absolute Gasteiger partial charge is 0.197 e. The molecule has 0 unspecified atom stereocenters. The zero-order chi connectivity index (χ0) is 17.3. The molecule has 5 nitrogen and oxygen atoms in total. The summed E-state index contributed by atoms with van der Waals surface area (Å²) in [7, 11) is 1.53. The number of halogens is 1. The van der Waals surface area contributed by atoms with Crippen LogP contribution in [0.3, 0.4) is 0 Å². The number of methoxy groups -OCH3 is 1. The molecule has 0 aliphatic rings. The maximum Gasteiger partial charge on any atom is 0.197 e. The number of aryl methyl sites for hydroxylation is 1. The summed E-state index contributed by atoms with van der Waals surface area (Å²) in [5.74, 6) is 1.01. The number of para-hydroxylation sites is 1. The standard InChI is InChI=1S/C18H18ClNO4/c1-3-20-15-11(5-4-6-14(15)24-10-9-21)17(22)12-7-8-13(19)18(23-2)16(12)20/h4-8,21H,3,9-10H2,1-2H3. The SMILES string of the molecule is CCn1c2c(OCCO)cccc2c(=O)c2ccc(Cl)c(OC)c21. The van der Waals surface area contributed by atoms with Crippen LogP contribution in [0.5, 0.6) is 11.5 Å². The van der Waals surface area contributed by atoms with E-state index in [1.165, 1.54) is 7.11 Å². The van der Waals surface area contributed by atoms with Crippen LogP contribution < -0.4 is 14.9 Å². The van der Waals surface area contributed by atoms with Crippen molar-refractivity contribution in [3.05, 3.63) is 45.6 Å².